The first kappa shape index (κ1) is 23.4. The van der Waals surface area contributed by atoms with Gasteiger partial charge in [0.25, 0.3) is 5.91 Å². The second-order valence-electron chi connectivity index (χ2n) is 8.49. The number of hydrogen-bond acceptors (Lipinski definition) is 7. The Bertz CT molecular complexity index is 1250. The third kappa shape index (κ3) is 5.18. The maximum atomic E-state index is 13.4. The zero-order chi connectivity index (χ0) is 24.2. The minimum Gasteiger partial charge on any atom is -0.497 e. The molecule has 2 atom stereocenters. The number of thioether (sulfide) groups is 1. The predicted octanol–water partition coefficient (Wildman–Crippen LogP) is 3.23. The average Bonchev–Trinajstić information content (AvgIpc) is 3.65. The first-order valence-corrected chi connectivity index (χ1v) is 12.6. The van der Waals surface area contributed by atoms with Crippen molar-refractivity contribution < 1.29 is 14.3 Å². The number of H-pyrrole nitrogens is 1. The third-order valence-electron chi connectivity index (χ3n) is 6.23. The van der Waals surface area contributed by atoms with Gasteiger partial charge < -0.3 is 9.47 Å². The summed E-state index contributed by atoms with van der Waals surface area (Å²) in [6.07, 6.45) is 2.51. The normalized spacial score (nSPS) is 19.7. The fourth-order valence-corrected chi connectivity index (χ4v) is 5.20. The largest absolute Gasteiger partial charge is 0.497 e. The highest BCUT2D eigenvalue weighted by molar-refractivity contribution is 7.99. The SMILES string of the molecule is COc1ccc([C@H]2CC(c3ccccc3)=NN2C(=O)CSc2n[nH]c(=O)n2C[C@@H]2CCCO2)cc1. The van der Waals surface area contributed by atoms with E-state index in [1.165, 1.54) is 11.8 Å². The minimum atomic E-state index is -0.294. The number of methoxy groups -OCH3 is 1. The van der Waals surface area contributed by atoms with Crippen LogP contribution in [0.3, 0.4) is 0 Å². The Morgan fingerprint density at radius 3 is 2.71 bits per heavy atom. The van der Waals surface area contributed by atoms with Crippen molar-refractivity contribution in [2.75, 3.05) is 19.5 Å². The van der Waals surface area contributed by atoms with E-state index in [1.807, 2.05) is 54.6 Å². The lowest BCUT2D eigenvalue weighted by atomic mass is 9.98. The number of carbonyl (C=O) groups excluding carboxylic acids is 1. The molecule has 5 rings (SSSR count). The van der Waals surface area contributed by atoms with E-state index in [0.29, 0.717) is 24.7 Å². The van der Waals surface area contributed by atoms with E-state index in [2.05, 4.69) is 10.2 Å². The average molecular weight is 494 g/mol. The highest BCUT2D eigenvalue weighted by Crippen LogP contribution is 2.34. The summed E-state index contributed by atoms with van der Waals surface area (Å²) < 4.78 is 12.5. The second kappa shape index (κ2) is 10.5. The summed E-state index contributed by atoms with van der Waals surface area (Å²) in [7, 11) is 1.63. The molecule has 182 valence electrons. The van der Waals surface area contributed by atoms with Crippen molar-refractivity contribution in [1.82, 2.24) is 19.8 Å². The van der Waals surface area contributed by atoms with Crippen molar-refractivity contribution in [3.63, 3.8) is 0 Å². The van der Waals surface area contributed by atoms with Gasteiger partial charge in [0.05, 0.1) is 37.3 Å². The van der Waals surface area contributed by atoms with E-state index in [9.17, 15) is 9.59 Å². The molecule has 1 saturated heterocycles. The Morgan fingerprint density at radius 1 is 1.20 bits per heavy atom. The van der Waals surface area contributed by atoms with Gasteiger partial charge in [-0.1, -0.05) is 54.2 Å². The van der Waals surface area contributed by atoms with Crippen LogP contribution in [-0.4, -0.2) is 57.0 Å². The molecule has 35 heavy (non-hydrogen) atoms. The molecule has 3 heterocycles. The molecule has 2 aromatic carbocycles. The highest BCUT2D eigenvalue weighted by Gasteiger charge is 2.33. The number of hydrazone groups is 1. The van der Waals surface area contributed by atoms with Gasteiger partial charge >= 0.3 is 5.69 Å². The van der Waals surface area contributed by atoms with Gasteiger partial charge in [0.2, 0.25) is 0 Å². The van der Waals surface area contributed by atoms with Crippen LogP contribution in [0, 0.1) is 0 Å². The molecule has 1 fully saturated rings. The van der Waals surface area contributed by atoms with Crippen LogP contribution >= 0.6 is 11.8 Å². The van der Waals surface area contributed by atoms with Crippen LogP contribution in [0.15, 0.2) is 69.6 Å². The Hall–Kier alpha value is -3.37. The molecule has 1 aromatic heterocycles. The quantitative estimate of drug-likeness (QED) is 0.484. The van der Waals surface area contributed by atoms with Crippen molar-refractivity contribution in [3.05, 3.63) is 76.2 Å². The maximum Gasteiger partial charge on any atom is 0.344 e. The Labute approximate surface area is 207 Å². The van der Waals surface area contributed by atoms with E-state index in [0.717, 1.165) is 35.4 Å². The molecule has 0 aliphatic carbocycles. The van der Waals surface area contributed by atoms with E-state index < -0.39 is 0 Å². The Morgan fingerprint density at radius 2 is 2.00 bits per heavy atom. The number of benzene rings is 2. The standard InChI is InChI=1S/C25H27N5O4S/c1-33-19-11-9-18(10-12-19)22-14-21(17-6-3-2-4-7-17)28-30(22)23(31)16-35-25-27-26-24(32)29(25)15-20-8-5-13-34-20/h2-4,6-7,9-12,20,22H,5,8,13-16H2,1H3,(H,26,32)/t20-,22+/m0/s1. The van der Waals surface area contributed by atoms with Gasteiger partial charge in [-0.2, -0.15) is 5.10 Å². The molecule has 1 amide bonds. The molecule has 0 bridgehead atoms. The molecule has 9 nitrogen and oxygen atoms in total. The smallest absolute Gasteiger partial charge is 0.344 e. The summed E-state index contributed by atoms with van der Waals surface area (Å²) >= 11 is 1.23. The number of amides is 1. The van der Waals surface area contributed by atoms with Crippen LogP contribution in [-0.2, 0) is 16.1 Å². The lowest BCUT2D eigenvalue weighted by molar-refractivity contribution is -0.130. The van der Waals surface area contributed by atoms with Crippen molar-refractivity contribution in [2.24, 2.45) is 5.10 Å². The summed E-state index contributed by atoms with van der Waals surface area (Å²) in [6, 6.07) is 17.4. The van der Waals surface area contributed by atoms with Gasteiger partial charge in [-0.3, -0.25) is 9.36 Å². The lowest BCUT2D eigenvalue weighted by Crippen LogP contribution is -2.29. The van der Waals surface area contributed by atoms with Gasteiger partial charge in [-0.05, 0) is 36.1 Å². The molecule has 0 radical (unpaired) electrons. The number of rotatable bonds is 8. The third-order valence-corrected chi connectivity index (χ3v) is 7.19. The molecule has 2 aliphatic rings. The summed E-state index contributed by atoms with van der Waals surface area (Å²) in [5.41, 5.74) is 2.54. The van der Waals surface area contributed by atoms with Crippen LogP contribution < -0.4 is 10.4 Å². The van der Waals surface area contributed by atoms with Crippen LogP contribution in [0.2, 0.25) is 0 Å². The van der Waals surface area contributed by atoms with E-state index in [4.69, 9.17) is 14.6 Å². The van der Waals surface area contributed by atoms with Gasteiger partial charge in [0.15, 0.2) is 5.16 Å². The number of aromatic amines is 1. The lowest BCUT2D eigenvalue weighted by Gasteiger charge is -2.22. The zero-order valence-electron chi connectivity index (χ0n) is 19.4. The van der Waals surface area contributed by atoms with E-state index in [-0.39, 0.29) is 29.5 Å². The van der Waals surface area contributed by atoms with Crippen molar-refractivity contribution >= 4 is 23.4 Å². The number of ether oxygens (including phenoxy) is 2. The first-order valence-electron chi connectivity index (χ1n) is 11.6. The molecule has 1 N–H and O–H groups in total. The monoisotopic (exact) mass is 493 g/mol. The number of hydrogen-bond donors (Lipinski definition) is 1. The molecule has 0 saturated carbocycles. The molecule has 0 spiro atoms. The Kier molecular flexibility index (Phi) is 7.01. The Balaban J connectivity index is 1.34. The maximum absolute atomic E-state index is 13.4. The summed E-state index contributed by atoms with van der Waals surface area (Å²) in [5, 5.41) is 13.4. The topological polar surface area (TPSA) is 102 Å². The second-order valence-corrected chi connectivity index (χ2v) is 9.43. The number of aromatic nitrogens is 3. The molecular weight excluding hydrogens is 466 g/mol. The van der Waals surface area contributed by atoms with Crippen LogP contribution in [0.5, 0.6) is 5.75 Å². The van der Waals surface area contributed by atoms with Crippen molar-refractivity contribution in [2.45, 2.75) is 43.1 Å². The van der Waals surface area contributed by atoms with Gasteiger partial charge in [-0.15, -0.1) is 5.10 Å². The first-order chi connectivity index (χ1) is 17.1. The predicted molar refractivity (Wildman–Crippen MR) is 133 cm³/mol. The molecule has 0 unspecified atom stereocenters. The molecule has 3 aromatic rings. The molecule has 10 heteroatoms. The van der Waals surface area contributed by atoms with E-state index in [1.54, 1.807) is 16.7 Å². The van der Waals surface area contributed by atoms with Gasteiger partial charge in [0.1, 0.15) is 5.75 Å². The number of nitrogens with one attached hydrogen (secondary N) is 1. The van der Waals surface area contributed by atoms with Crippen LogP contribution in [0.25, 0.3) is 0 Å². The summed E-state index contributed by atoms with van der Waals surface area (Å²) in [5.74, 6) is 0.710. The van der Waals surface area contributed by atoms with E-state index >= 15 is 0 Å². The molecular formula is C25H27N5O4S. The fraction of sp³-hybridized carbons (Fsp3) is 0.360. The van der Waals surface area contributed by atoms with Gasteiger partial charge in [-0.25, -0.2) is 14.9 Å². The molecule has 2 aliphatic heterocycles. The van der Waals surface area contributed by atoms with Crippen LogP contribution in [0.4, 0.5) is 0 Å². The fourth-order valence-electron chi connectivity index (χ4n) is 4.39. The van der Waals surface area contributed by atoms with Crippen molar-refractivity contribution in [3.8, 4) is 5.75 Å². The summed E-state index contributed by atoms with van der Waals surface area (Å²) in [4.78, 5) is 25.7. The van der Waals surface area contributed by atoms with Gasteiger partial charge in [0, 0.05) is 13.0 Å². The zero-order valence-corrected chi connectivity index (χ0v) is 20.2. The summed E-state index contributed by atoms with van der Waals surface area (Å²) in [6.45, 7) is 1.14. The highest BCUT2D eigenvalue weighted by atomic mass is 32.2. The minimum absolute atomic E-state index is 0.00332. The number of carbonyl (C=O) groups is 1. The van der Waals surface area contributed by atoms with Crippen LogP contribution in [0.1, 0.15) is 36.4 Å². The van der Waals surface area contributed by atoms with Crippen molar-refractivity contribution in [1.29, 1.82) is 0 Å². The number of nitrogens with zero attached hydrogens (tertiary/aromatic N) is 4.